The van der Waals surface area contributed by atoms with Gasteiger partial charge in [-0.1, -0.05) is 48.4 Å². The lowest BCUT2D eigenvalue weighted by molar-refractivity contribution is -0.141. The number of hydrogen-bond acceptors (Lipinski definition) is 3. The topological polar surface area (TPSA) is 49.4 Å². The molecule has 2 aromatic rings. The van der Waals surface area contributed by atoms with Gasteiger partial charge in [-0.05, 0) is 50.1 Å². The zero-order chi connectivity index (χ0) is 21.2. The Morgan fingerprint density at radius 3 is 2.31 bits per heavy atom. The predicted molar refractivity (Wildman–Crippen MR) is 121 cm³/mol. The van der Waals surface area contributed by atoms with Gasteiger partial charge in [0, 0.05) is 35.2 Å². The molecule has 1 N–H and O–H groups in total. The van der Waals surface area contributed by atoms with E-state index in [0.29, 0.717) is 36.7 Å². The maximum Gasteiger partial charge on any atom is 0.242 e. The number of rotatable bonds is 10. The highest BCUT2D eigenvalue weighted by atomic mass is 35.5. The molecule has 0 aliphatic rings. The summed E-state index contributed by atoms with van der Waals surface area (Å²) in [5.74, 6) is 0.544. The number of nitrogens with zero attached hydrogens (tertiary/aromatic N) is 1. The molecule has 0 aliphatic carbocycles. The molecular weight excluding hydrogens is 404 g/mol. The Kier molecular flexibility index (Phi) is 9.55. The summed E-state index contributed by atoms with van der Waals surface area (Å²) in [6, 6.07) is 15.2. The van der Waals surface area contributed by atoms with Crippen LogP contribution < -0.4 is 5.32 Å². The average Bonchev–Trinajstić information content (AvgIpc) is 2.71. The minimum absolute atomic E-state index is 0.00913. The molecule has 0 aliphatic heterocycles. The van der Waals surface area contributed by atoms with Crippen molar-refractivity contribution in [3.05, 3.63) is 64.7 Å². The van der Waals surface area contributed by atoms with Gasteiger partial charge >= 0.3 is 0 Å². The Hall–Kier alpha value is -1.98. The lowest BCUT2D eigenvalue weighted by atomic mass is 10.1. The molecule has 0 radical (unpaired) electrons. The summed E-state index contributed by atoms with van der Waals surface area (Å²) < 4.78 is 0. The average molecular weight is 433 g/mol. The van der Waals surface area contributed by atoms with Crippen LogP contribution in [0.1, 0.15) is 37.8 Å². The third-order valence-electron chi connectivity index (χ3n) is 4.61. The van der Waals surface area contributed by atoms with Crippen molar-refractivity contribution >= 4 is 35.2 Å². The van der Waals surface area contributed by atoms with Gasteiger partial charge in [-0.25, -0.2) is 0 Å². The van der Waals surface area contributed by atoms with Gasteiger partial charge in [0.05, 0.1) is 0 Å². The first-order chi connectivity index (χ1) is 13.9. The summed E-state index contributed by atoms with van der Waals surface area (Å²) in [5.41, 5.74) is 2.19. The number of halogens is 1. The predicted octanol–water partition coefficient (Wildman–Crippen LogP) is 5.07. The minimum Gasteiger partial charge on any atom is -0.355 e. The molecule has 0 bridgehead atoms. The van der Waals surface area contributed by atoms with Crippen molar-refractivity contribution in [1.29, 1.82) is 0 Å². The molecule has 4 nitrogen and oxygen atoms in total. The van der Waals surface area contributed by atoms with Crippen molar-refractivity contribution < 1.29 is 9.59 Å². The van der Waals surface area contributed by atoms with Gasteiger partial charge in [-0.3, -0.25) is 9.59 Å². The number of likely N-dealkylation sites (N-methyl/N-ethyl adjacent to an activating group) is 1. The second-order valence-electron chi connectivity index (χ2n) is 6.88. The maximum atomic E-state index is 13.1. The molecule has 2 amide bonds. The Morgan fingerprint density at radius 2 is 1.72 bits per heavy atom. The zero-order valence-electron chi connectivity index (χ0n) is 17.3. The van der Waals surface area contributed by atoms with Crippen LogP contribution in [0, 0.1) is 6.92 Å². The fraction of sp³-hybridized carbons (Fsp3) is 0.391. The smallest absolute Gasteiger partial charge is 0.242 e. The van der Waals surface area contributed by atoms with Crippen LogP contribution in [0.3, 0.4) is 0 Å². The molecule has 0 saturated heterocycles. The van der Waals surface area contributed by atoms with Gasteiger partial charge in [0.25, 0.3) is 0 Å². The van der Waals surface area contributed by atoms with E-state index in [1.807, 2.05) is 69.3 Å². The van der Waals surface area contributed by atoms with Crippen molar-refractivity contribution in [3.8, 4) is 0 Å². The lowest BCUT2D eigenvalue weighted by Gasteiger charge is -2.30. The Balaban J connectivity index is 2.08. The highest BCUT2D eigenvalue weighted by Gasteiger charge is 2.28. The molecule has 2 rings (SSSR count). The van der Waals surface area contributed by atoms with Crippen LogP contribution in [0.15, 0.2) is 53.4 Å². The molecule has 0 spiro atoms. The molecule has 0 saturated carbocycles. The molecule has 1 atom stereocenters. The molecule has 6 heteroatoms. The van der Waals surface area contributed by atoms with Gasteiger partial charge in [0.1, 0.15) is 6.04 Å². The van der Waals surface area contributed by atoms with E-state index in [9.17, 15) is 9.59 Å². The monoisotopic (exact) mass is 432 g/mol. The highest BCUT2D eigenvalue weighted by Crippen LogP contribution is 2.22. The first kappa shape index (κ1) is 23.3. The Bertz CT molecular complexity index is 794. The molecule has 0 fully saturated rings. The summed E-state index contributed by atoms with van der Waals surface area (Å²) in [6.07, 6.45) is 0.947. The van der Waals surface area contributed by atoms with E-state index < -0.39 is 6.04 Å². The number of benzene rings is 2. The van der Waals surface area contributed by atoms with Crippen molar-refractivity contribution in [3.63, 3.8) is 0 Å². The number of thioether (sulfide) groups is 1. The first-order valence-corrected chi connectivity index (χ1v) is 11.3. The summed E-state index contributed by atoms with van der Waals surface area (Å²) >= 11 is 7.54. The number of amides is 2. The van der Waals surface area contributed by atoms with Crippen molar-refractivity contribution in [2.75, 3.05) is 12.3 Å². The molecule has 29 heavy (non-hydrogen) atoms. The summed E-state index contributed by atoms with van der Waals surface area (Å²) in [5, 5.41) is 3.56. The van der Waals surface area contributed by atoms with Crippen LogP contribution in [0.5, 0.6) is 0 Å². The number of carbonyl (C=O) groups excluding carboxylic acids is 2. The third-order valence-corrected chi connectivity index (χ3v) is 5.87. The summed E-state index contributed by atoms with van der Waals surface area (Å²) in [7, 11) is 0. The number of hydrogen-bond donors (Lipinski definition) is 1. The van der Waals surface area contributed by atoms with Crippen LogP contribution in [0.2, 0.25) is 5.02 Å². The number of aryl methyl sites for hydroxylation is 1. The van der Waals surface area contributed by atoms with Gasteiger partial charge in [-0.15, -0.1) is 11.8 Å². The minimum atomic E-state index is -0.468. The quantitative estimate of drug-likeness (QED) is 0.533. The van der Waals surface area contributed by atoms with Crippen LogP contribution in [0.4, 0.5) is 0 Å². The third kappa shape index (κ3) is 7.41. The standard InChI is InChI=1S/C23H29ClN2O2S/c1-4-21(23(28)25-5-2)26(16-18-8-6-17(3)7-9-18)22(27)14-15-29-20-12-10-19(24)11-13-20/h6-13,21H,4-5,14-16H2,1-3H3,(H,25,28)/t21-/m1/s1. The van der Waals surface area contributed by atoms with E-state index in [1.54, 1.807) is 16.7 Å². The van der Waals surface area contributed by atoms with Gasteiger partial charge in [-0.2, -0.15) is 0 Å². The second kappa shape index (κ2) is 11.9. The van der Waals surface area contributed by atoms with E-state index in [-0.39, 0.29) is 11.8 Å². The summed E-state index contributed by atoms with van der Waals surface area (Å²) in [6.45, 7) is 6.84. The SMILES string of the molecule is CCNC(=O)[C@@H](CC)N(Cc1ccc(C)cc1)C(=O)CCSc1ccc(Cl)cc1. The van der Waals surface area contributed by atoms with Gasteiger partial charge in [0.2, 0.25) is 11.8 Å². The van der Waals surface area contributed by atoms with Crippen LogP contribution in [-0.4, -0.2) is 35.1 Å². The normalized spacial score (nSPS) is 11.7. The Labute approximate surface area is 183 Å². The van der Waals surface area contributed by atoms with Gasteiger partial charge in [0.15, 0.2) is 0 Å². The molecule has 0 heterocycles. The summed E-state index contributed by atoms with van der Waals surface area (Å²) in [4.78, 5) is 28.4. The fourth-order valence-electron chi connectivity index (χ4n) is 3.03. The van der Waals surface area contributed by atoms with Crippen molar-refractivity contribution in [2.45, 2.75) is 51.1 Å². The van der Waals surface area contributed by atoms with Gasteiger partial charge < -0.3 is 10.2 Å². The highest BCUT2D eigenvalue weighted by molar-refractivity contribution is 7.99. The first-order valence-electron chi connectivity index (χ1n) is 9.95. The van der Waals surface area contributed by atoms with Crippen LogP contribution in [-0.2, 0) is 16.1 Å². The molecule has 0 unspecified atom stereocenters. The van der Waals surface area contributed by atoms with Crippen molar-refractivity contribution in [1.82, 2.24) is 10.2 Å². The molecule has 0 aromatic heterocycles. The van der Waals surface area contributed by atoms with Crippen LogP contribution >= 0.6 is 23.4 Å². The van der Waals surface area contributed by atoms with Crippen molar-refractivity contribution in [2.24, 2.45) is 0 Å². The zero-order valence-corrected chi connectivity index (χ0v) is 18.9. The van der Waals surface area contributed by atoms with E-state index >= 15 is 0 Å². The molecule has 156 valence electrons. The number of nitrogens with one attached hydrogen (secondary N) is 1. The van der Waals surface area contributed by atoms with E-state index in [1.165, 1.54) is 5.56 Å². The number of carbonyl (C=O) groups is 2. The van der Waals surface area contributed by atoms with E-state index in [0.717, 1.165) is 10.5 Å². The van der Waals surface area contributed by atoms with E-state index in [4.69, 9.17) is 11.6 Å². The lowest BCUT2D eigenvalue weighted by Crippen LogP contribution is -2.49. The Morgan fingerprint density at radius 1 is 1.07 bits per heavy atom. The molecule has 2 aromatic carbocycles. The maximum absolute atomic E-state index is 13.1. The molecular formula is C23H29ClN2O2S. The largest absolute Gasteiger partial charge is 0.355 e. The van der Waals surface area contributed by atoms with Crippen LogP contribution in [0.25, 0.3) is 0 Å². The second-order valence-corrected chi connectivity index (χ2v) is 8.48. The van der Waals surface area contributed by atoms with E-state index in [2.05, 4.69) is 5.32 Å². The fourth-order valence-corrected chi connectivity index (χ4v) is 4.00.